The molecule has 0 atom stereocenters. The van der Waals surface area contributed by atoms with Crippen molar-refractivity contribution in [2.24, 2.45) is 7.05 Å². The third-order valence-electron chi connectivity index (χ3n) is 8.24. The first-order valence-corrected chi connectivity index (χ1v) is 14.3. The standard InChI is InChI=1S/C31H29FN10O2/c1-19(43)40-11-7-20(8-12-40)30-29-22(23-14-27-21(13-24(23)32)15-36-39(27)2)5-3-6-26(29)42(38-30)17-28(44)37-25-16-33-18-34-31(25)41-10-4-9-35-41/h3-6,9-10,13-16,18,20H,7-8,11-12,17H2,1-2H3,(H,37,44). The first-order valence-electron chi connectivity index (χ1n) is 14.3. The summed E-state index contributed by atoms with van der Waals surface area (Å²) in [4.78, 5) is 35.6. The van der Waals surface area contributed by atoms with Crippen molar-refractivity contribution in [1.82, 2.24) is 44.2 Å². The fourth-order valence-electron chi connectivity index (χ4n) is 6.05. The number of carbonyl (C=O) groups is 2. The third-order valence-corrected chi connectivity index (χ3v) is 8.24. The predicted molar refractivity (Wildman–Crippen MR) is 161 cm³/mol. The van der Waals surface area contributed by atoms with Crippen LogP contribution >= 0.6 is 0 Å². The second-order valence-corrected chi connectivity index (χ2v) is 10.9. The van der Waals surface area contributed by atoms with E-state index in [1.54, 1.807) is 45.6 Å². The van der Waals surface area contributed by atoms with Crippen LogP contribution in [-0.2, 0) is 23.2 Å². The number of carbonyl (C=O) groups excluding carboxylic acids is 2. The fraction of sp³-hybridized carbons (Fsp3) is 0.258. The van der Waals surface area contributed by atoms with Gasteiger partial charge in [0, 0.05) is 61.7 Å². The van der Waals surface area contributed by atoms with Gasteiger partial charge in [-0.25, -0.2) is 19.0 Å². The molecule has 13 heteroatoms. The first-order chi connectivity index (χ1) is 21.4. The number of aromatic nitrogens is 8. The molecule has 0 unspecified atom stereocenters. The summed E-state index contributed by atoms with van der Waals surface area (Å²) >= 11 is 0. The van der Waals surface area contributed by atoms with Crippen molar-refractivity contribution in [3.63, 3.8) is 0 Å². The Bertz CT molecular complexity index is 2020. The monoisotopic (exact) mass is 592 g/mol. The van der Waals surface area contributed by atoms with E-state index in [1.165, 1.54) is 18.6 Å². The average molecular weight is 593 g/mol. The summed E-state index contributed by atoms with van der Waals surface area (Å²) in [5.41, 5.74) is 3.83. The Kier molecular flexibility index (Phi) is 6.84. The number of hydrogen-bond acceptors (Lipinski definition) is 7. The molecule has 2 aromatic carbocycles. The molecule has 6 aromatic rings. The molecule has 4 aromatic heterocycles. The normalized spacial score (nSPS) is 14.0. The maximum absolute atomic E-state index is 15.7. The smallest absolute Gasteiger partial charge is 0.246 e. The van der Waals surface area contributed by atoms with Gasteiger partial charge in [-0.2, -0.15) is 15.3 Å². The quantitative estimate of drug-likeness (QED) is 0.309. The Hall–Kier alpha value is -5.46. The van der Waals surface area contributed by atoms with Crippen molar-refractivity contribution >= 4 is 39.3 Å². The largest absolute Gasteiger partial charge is 0.343 e. The molecule has 1 N–H and O–H groups in total. The van der Waals surface area contributed by atoms with Gasteiger partial charge >= 0.3 is 0 Å². The second-order valence-electron chi connectivity index (χ2n) is 10.9. The summed E-state index contributed by atoms with van der Waals surface area (Å²) in [5, 5.41) is 17.9. The van der Waals surface area contributed by atoms with Crippen molar-refractivity contribution < 1.29 is 14.0 Å². The van der Waals surface area contributed by atoms with Crippen LogP contribution in [0.2, 0.25) is 0 Å². The van der Waals surface area contributed by atoms with E-state index in [0.717, 1.165) is 16.6 Å². The minimum Gasteiger partial charge on any atom is -0.343 e. The van der Waals surface area contributed by atoms with Crippen molar-refractivity contribution in [3.05, 3.63) is 79.0 Å². The number of hydrogen-bond donors (Lipinski definition) is 1. The number of rotatable bonds is 6. The van der Waals surface area contributed by atoms with Crippen LogP contribution in [0.3, 0.4) is 0 Å². The molecule has 7 rings (SSSR count). The van der Waals surface area contributed by atoms with Gasteiger partial charge < -0.3 is 10.2 Å². The number of aryl methyl sites for hydroxylation is 1. The van der Waals surface area contributed by atoms with Gasteiger partial charge in [0.15, 0.2) is 5.82 Å². The summed E-state index contributed by atoms with van der Waals surface area (Å²) < 4.78 is 20.6. The fourth-order valence-corrected chi connectivity index (χ4v) is 6.05. The maximum Gasteiger partial charge on any atom is 0.246 e. The summed E-state index contributed by atoms with van der Waals surface area (Å²) in [6, 6.07) is 10.7. The van der Waals surface area contributed by atoms with Gasteiger partial charge in [0.1, 0.15) is 24.4 Å². The molecule has 1 fully saturated rings. The zero-order valence-corrected chi connectivity index (χ0v) is 24.2. The van der Waals surface area contributed by atoms with Crippen molar-refractivity contribution in [3.8, 4) is 16.9 Å². The Balaban J connectivity index is 1.30. The highest BCUT2D eigenvalue weighted by Gasteiger charge is 2.28. The Morgan fingerprint density at radius 2 is 1.89 bits per heavy atom. The topological polar surface area (TPSA) is 129 Å². The highest BCUT2D eigenvalue weighted by Crippen LogP contribution is 2.39. The molecule has 222 valence electrons. The van der Waals surface area contributed by atoms with Crippen LogP contribution in [0.5, 0.6) is 0 Å². The van der Waals surface area contributed by atoms with Gasteiger partial charge in [-0.15, -0.1) is 0 Å². The third kappa shape index (κ3) is 4.85. The minimum absolute atomic E-state index is 0.0241. The van der Waals surface area contributed by atoms with Crippen LogP contribution in [0.4, 0.5) is 10.1 Å². The Labute approximate surface area is 251 Å². The number of piperidine rings is 1. The highest BCUT2D eigenvalue weighted by molar-refractivity contribution is 6.00. The van der Waals surface area contributed by atoms with E-state index in [0.29, 0.717) is 59.5 Å². The molecule has 44 heavy (non-hydrogen) atoms. The Morgan fingerprint density at radius 1 is 1.05 bits per heavy atom. The number of halogens is 1. The number of anilines is 1. The number of amides is 2. The van der Waals surface area contributed by atoms with Crippen LogP contribution in [-0.4, -0.2) is 69.1 Å². The Morgan fingerprint density at radius 3 is 2.66 bits per heavy atom. The number of benzene rings is 2. The van der Waals surface area contributed by atoms with Crippen LogP contribution in [0.1, 0.15) is 31.4 Å². The van der Waals surface area contributed by atoms with E-state index in [1.807, 2.05) is 36.2 Å². The number of likely N-dealkylation sites (tertiary alicyclic amines) is 1. The van der Waals surface area contributed by atoms with Crippen molar-refractivity contribution in [1.29, 1.82) is 0 Å². The molecule has 1 saturated heterocycles. The van der Waals surface area contributed by atoms with E-state index in [4.69, 9.17) is 5.10 Å². The minimum atomic E-state index is -0.365. The molecule has 1 aliphatic heterocycles. The predicted octanol–water partition coefficient (Wildman–Crippen LogP) is 4.07. The van der Waals surface area contributed by atoms with Gasteiger partial charge in [0.05, 0.1) is 29.1 Å². The van der Waals surface area contributed by atoms with Crippen LogP contribution in [0.15, 0.2) is 67.5 Å². The van der Waals surface area contributed by atoms with Crippen molar-refractivity contribution in [2.45, 2.75) is 32.2 Å². The molecule has 0 bridgehead atoms. The molecule has 0 saturated carbocycles. The zero-order valence-electron chi connectivity index (χ0n) is 24.2. The van der Waals surface area contributed by atoms with Crippen LogP contribution in [0, 0.1) is 5.82 Å². The molecule has 5 heterocycles. The lowest BCUT2D eigenvalue weighted by atomic mass is 9.89. The second kappa shape index (κ2) is 11.0. The molecule has 0 radical (unpaired) electrons. The lowest BCUT2D eigenvalue weighted by molar-refractivity contribution is -0.129. The molecular weight excluding hydrogens is 563 g/mol. The number of nitrogens with one attached hydrogen (secondary N) is 1. The first kappa shape index (κ1) is 27.4. The number of fused-ring (bicyclic) bond motifs is 2. The van der Waals surface area contributed by atoms with Gasteiger partial charge in [-0.1, -0.05) is 12.1 Å². The lowest BCUT2D eigenvalue weighted by Crippen LogP contribution is -2.36. The molecule has 12 nitrogen and oxygen atoms in total. The van der Waals surface area contributed by atoms with E-state index in [-0.39, 0.29) is 30.1 Å². The van der Waals surface area contributed by atoms with Gasteiger partial charge in [-0.3, -0.25) is 19.0 Å². The summed E-state index contributed by atoms with van der Waals surface area (Å²) in [6.07, 6.45) is 9.33. The van der Waals surface area contributed by atoms with E-state index in [9.17, 15) is 9.59 Å². The van der Waals surface area contributed by atoms with Gasteiger partial charge in [0.25, 0.3) is 0 Å². The van der Waals surface area contributed by atoms with Crippen LogP contribution in [0.25, 0.3) is 38.8 Å². The molecule has 2 amide bonds. The van der Waals surface area contributed by atoms with E-state index >= 15 is 4.39 Å². The van der Waals surface area contributed by atoms with Crippen LogP contribution < -0.4 is 5.32 Å². The average Bonchev–Trinajstić information content (AvgIpc) is 3.77. The molecule has 0 spiro atoms. The summed E-state index contributed by atoms with van der Waals surface area (Å²) in [5.74, 6) is -0.192. The SMILES string of the molecule is CC(=O)N1CCC(c2nn(CC(=O)Nc3cncnc3-n3cccn3)c3cccc(-c4cc5c(cnn5C)cc4F)c23)CC1. The molecule has 1 aliphatic rings. The zero-order chi connectivity index (χ0) is 30.4. The lowest BCUT2D eigenvalue weighted by Gasteiger charge is -2.30. The molecular formula is C31H29FN10O2. The van der Waals surface area contributed by atoms with Crippen molar-refractivity contribution in [2.75, 3.05) is 18.4 Å². The maximum atomic E-state index is 15.7. The van der Waals surface area contributed by atoms with E-state index in [2.05, 4.69) is 25.5 Å². The number of nitrogens with zero attached hydrogens (tertiary/aromatic N) is 9. The van der Waals surface area contributed by atoms with Gasteiger partial charge in [0.2, 0.25) is 11.8 Å². The highest BCUT2D eigenvalue weighted by atomic mass is 19.1. The van der Waals surface area contributed by atoms with Gasteiger partial charge in [-0.05, 0) is 42.7 Å². The summed E-state index contributed by atoms with van der Waals surface area (Å²) in [6.45, 7) is 2.70. The summed E-state index contributed by atoms with van der Waals surface area (Å²) in [7, 11) is 1.82. The van der Waals surface area contributed by atoms with E-state index < -0.39 is 0 Å². The molecule has 0 aliphatic carbocycles.